The number of carbonyl (C=O) groups excluding carboxylic acids is 15. The summed E-state index contributed by atoms with van der Waals surface area (Å²) in [5.41, 5.74) is 10.8. The van der Waals surface area contributed by atoms with Crippen molar-refractivity contribution in [2.75, 3.05) is 56.5 Å². The predicted molar refractivity (Wildman–Crippen MR) is 469 cm³/mol. The molecule has 0 unspecified atom stereocenters. The molecule has 9 N–H and O–H groups in total. The van der Waals surface area contributed by atoms with Gasteiger partial charge in [-0.3, -0.25) is 38.4 Å². The molecule has 0 aliphatic rings. The summed E-state index contributed by atoms with van der Waals surface area (Å²) < 4.78 is 54.3. The van der Waals surface area contributed by atoms with Crippen LogP contribution in [0.1, 0.15) is 249 Å². The van der Waals surface area contributed by atoms with Gasteiger partial charge in [0.25, 0.3) is 40.9 Å². The van der Waals surface area contributed by atoms with Crippen LogP contribution < -0.4 is 80.8 Å². The van der Waals surface area contributed by atoms with E-state index in [1.807, 2.05) is 57.4 Å². The fourth-order valence-corrected chi connectivity index (χ4v) is 9.62. The Morgan fingerprint density at radius 2 is 0.772 bits per heavy atom. The van der Waals surface area contributed by atoms with Gasteiger partial charge in [0, 0.05) is 104 Å². The third-order valence-corrected chi connectivity index (χ3v) is 16.1. The Bertz CT molecular complexity index is 4960. The molecule has 42 heteroatoms. The van der Waals surface area contributed by atoms with E-state index in [2.05, 4.69) is 57.8 Å². The molecular weight excluding hydrogens is 1820 g/mol. The molecule has 0 atom stereocenters. The van der Waals surface area contributed by atoms with E-state index in [0.717, 1.165) is 17.5 Å². The van der Waals surface area contributed by atoms with Gasteiger partial charge in [-0.2, -0.15) is 0 Å². The maximum absolute atomic E-state index is 13.4. The van der Waals surface area contributed by atoms with Crippen molar-refractivity contribution in [1.29, 1.82) is 0 Å². The van der Waals surface area contributed by atoms with Crippen LogP contribution in [0.15, 0.2) is 67.0 Å². The number of anilines is 1. The molecule has 7 aromatic rings. The summed E-state index contributed by atoms with van der Waals surface area (Å²) in [6.07, 6.45) is 3.57. The predicted octanol–water partition coefficient (Wildman–Crippen LogP) is 5.79. The van der Waals surface area contributed by atoms with Crippen molar-refractivity contribution in [3.8, 4) is 0 Å². The van der Waals surface area contributed by atoms with Crippen LogP contribution in [0.3, 0.4) is 0 Å². The molecule has 0 radical (unpaired) electrons. The summed E-state index contributed by atoms with van der Waals surface area (Å²) in [6.45, 7) is 47.6. The second-order valence-electron chi connectivity index (χ2n) is 28.7. The number of aryl methyl sites for hydroxylation is 2. The summed E-state index contributed by atoms with van der Waals surface area (Å²) in [5.74, 6) is -11.5. The van der Waals surface area contributed by atoms with Gasteiger partial charge in [-0.15, -0.1) is 0 Å². The summed E-state index contributed by atoms with van der Waals surface area (Å²) >= 11 is 6.84. The standard InChI is InChI=1S/C20H21FN4O3.C15H22N2O4.C13H17NO5.C11H13NO5.C9H13NO2.C8H11NO2.C4H5ClO3.C4H11N.CH3I.2Na.2H2O/c1-11-13(18(27)23-12-7-8-14(21)15(9-12)22-5)10-16(25(11)6)17(26)19(28)24-20(2,3)4;1-7-21-14(20)10-8-11(17(6)9(10)2)12(18)13(19)16-15(3,4)5;1-5-18-12(16)9-7-10(14(4)8(9)3)11(15)13(17)19-6-2;1-4-17-11(16)7-5-8(9(13)10(14)15)12(3)6(7)2;1-4-12-9(11)8-5-6-10(3)7(8)2;1-3-11-8(10)7-4-5-9-6(7)2;1-2-8-4(7)3(5)6;1-4(2,3)5;1-2;;;;/h7-10H,1-4,6H3,(H,23,27)(H,24,28);8H,7H2,1-6H3,(H,16,19);7H,5-6H2,1-4H3;5H,4H2,1-3H3,(H,14,15);5-6H,4H2,1-3H3;4-5,9H,3H2,1-2H3;2H2,1H3;5H2,1-3H3;1H3;;;2*1H2/q;;;;;;;;;2*+1;;/p-2. The first kappa shape index (κ1) is 128. The molecule has 6 heterocycles. The quantitative estimate of drug-likeness (QED) is 0.00508. The molecule has 3 amide bonds. The Hall–Kier alpha value is -10.3. The number of halogens is 3. The van der Waals surface area contributed by atoms with Crippen molar-refractivity contribution in [1.82, 2.24) is 38.5 Å². The van der Waals surface area contributed by atoms with E-state index in [-0.39, 0.29) is 171 Å². The van der Waals surface area contributed by atoms with E-state index in [1.54, 1.807) is 157 Å². The molecule has 0 aliphatic carbocycles. The maximum Gasteiger partial charge on any atom is 1.00 e. The Kier molecular flexibility index (Phi) is 61.5. The summed E-state index contributed by atoms with van der Waals surface area (Å²) in [7, 11) is 8.24. The van der Waals surface area contributed by atoms with Crippen LogP contribution in [0.4, 0.5) is 15.8 Å². The topological polar surface area (TPSA) is 525 Å². The molecule has 7 rings (SSSR count). The molecule has 0 saturated carbocycles. The SMILES string of the molecule is CC(C)(C)N.CCOC(=O)C(=O)Cl.CCOC(=O)C(=O)c1cc(C(=O)OCC)c(C)n1C.CCOC(=O)c1cc(C(=O)C(=O)NC(C)(C)C)n(C)c1C.CCOC(=O)c1cc(C(=O)C(=O)O)n(C)c1C.CCOC(=O)c1cc[nH]c1C.CCOC(=O)c1ccn(C)c1C.CI.[C-]#[N+]c1cc(NC(=O)c2cc(C(=O)C(=O)NC(C)(C)C)n(C)c2C)ccc1F.[Na+].[Na+].[OH-].[OH-]. The van der Waals surface area contributed by atoms with Crippen LogP contribution in [0.2, 0.25) is 0 Å². The number of carboxylic acid groups (broad SMARTS) is 1. The number of benzene rings is 1. The molecule has 127 heavy (non-hydrogen) atoms. The number of nitrogens with zero attached hydrogens (tertiary/aromatic N) is 6. The van der Waals surface area contributed by atoms with Crippen molar-refractivity contribution in [2.24, 2.45) is 41.0 Å². The monoisotopic (exact) mass is 1940 g/mol. The average Bonchev–Trinajstić information content (AvgIpc) is 1.69. The minimum Gasteiger partial charge on any atom is -0.870 e. The summed E-state index contributed by atoms with van der Waals surface area (Å²) in [6, 6.07) is 12.5. The van der Waals surface area contributed by atoms with Crippen molar-refractivity contribution < 1.29 is 189 Å². The summed E-state index contributed by atoms with van der Waals surface area (Å²) in [5, 5.41) is 15.3. The number of Topliss-reactive ketones (excluding diaryl/α,β-unsaturated/α-hetero) is 4. The van der Waals surface area contributed by atoms with Gasteiger partial charge < -0.3 is 98.7 Å². The van der Waals surface area contributed by atoms with Crippen molar-refractivity contribution in [3.05, 3.63) is 175 Å². The van der Waals surface area contributed by atoms with Crippen molar-refractivity contribution in [3.63, 3.8) is 0 Å². The number of aliphatic carboxylic acids is 1. The first-order valence-electron chi connectivity index (χ1n) is 38.0. The van der Waals surface area contributed by atoms with Crippen LogP contribution >= 0.6 is 34.2 Å². The first-order valence-corrected chi connectivity index (χ1v) is 40.5. The van der Waals surface area contributed by atoms with Gasteiger partial charge in [0.05, 0.1) is 109 Å². The molecule has 0 bridgehead atoms. The van der Waals surface area contributed by atoms with E-state index in [1.165, 1.54) is 61.7 Å². The number of aromatic nitrogens is 6. The number of alkyl halides is 1. The number of ether oxygens (including phenoxy) is 7. The van der Waals surface area contributed by atoms with Crippen molar-refractivity contribution in [2.45, 2.75) is 169 Å². The number of H-pyrrole nitrogens is 1. The molecular formula is C85H118ClFIN11Na2O26. The van der Waals surface area contributed by atoms with Gasteiger partial charge in [-0.1, -0.05) is 22.6 Å². The largest absolute Gasteiger partial charge is 1.00 e. The van der Waals surface area contributed by atoms with Crippen LogP contribution in [-0.4, -0.2) is 206 Å². The Balaban J connectivity index is -0.000000339. The van der Waals surface area contributed by atoms with E-state index in [9.17, 15) is 81.1 Å². The fraction of sp³-hybridized carbons (Fsp3) is 0.447. The van der Waals surface area contributed by atoms with E-state index < -0.39 is 98.8 Å². The maximum atomic E-state index is 13.4. The molecule has 0 fully saturated rings. The third-order valence-electron chi connectivity index (χ3n) is 15.9. The number of ketones is 4. The average molecular weight is 1940 g/mol. The van der Waals surface area contributed by atoms with Crippen LogP contribution in [0.25, 0.3) is 4.85 Å². The second-order valence-corrected chi connectivity index (χ2v) is 29.1. The minimum atomic E-state index is -1.55. The van der Waals surface area contributed by atoms with Gasteiger partial charge in [-0.05, 0) is 223 Å². The van der Waals surface area contributed by atoms with Crippen LogP contribution in [0, 0.1) is 53.9 Å². The Morgan fingerprint density at radius 1 is 0.465 bits per heavy atom. The summed E-state index contributed by atoms with van der Waals surface area (Å²) in [4.78, 5) is 192. The number of esters is 7. The number of aromatic amines is 1. The zero-order valence-corrected chi connectivity index (χ0v) is 84.8. The van der Waals surface area contributed by atoms with E-state index in [4.69, 9.17) is 52.7 Å². The number of nitrogens with two attached hydrogens (primary N) is 1. The number of carbonyl (C=O) groups is 16. The molecule has 0 spiro atoms. The van der Waals surface area contributed by atoms with Crippen LogP contribution in [0.5, 0.6) is 0 Å². The number of hydrogen-bond acceptors (Lipinski definition) is 26. The number of rotatable bonds is 23. The first-order chi connectivity index (χ1) is 56.9. The van der Waals surface area contributed by atoms with Gasteiger partial charge >= 0.3 is 112 Å². The van der Waals surface area contributed by atoms with Gasteiger partial charge in [0.15, 0.2) is 0 Å². The number of nitrogens with one attached hydrogen (secondary N) is 4. The zero-order chi connectivity index (χ0) is 95.8. The number of hydrogen-bond donors (Lipinski definition) is 6. The van der Waals surface area contributed by atoms with Crippen molar-refractivity contribution >= 4 is 139 Å². The minimum absolute atomic E-state index is 0. The molecule has 0 saturated heterocycles. The number of carboxylic acids is 1. The molecule has 692 valence electrons. The number of amides is 3. The Labute approximate surface area is 801 Å². The third kappa shape index (κ3) is 42.9. The molecule has 0 aliphatic heterocycles. The van der Waals surface area contributed by atoms with Crippen LogP contribution in [-0.2, 0) is 97.2 Å². The molecule has 37 nitrogen and oxygen atoms in total. The fourth-order valence-electron chi connectivity index (χ4n) is 9.56. The van der Waals surface area contributed by atoms with Gasteiger partial charge in [0.2, 0.25) is 5.69 Å². The normalized spacial score (nSPS) is 9.91. The zero-order valence-electron chi connectivity index (χ0n) is 77.9. The van der Waals surface area contributed by atoms with Gasteiger partial charge in [-0.25, -0.2) is 47.6 Å². The van der Waals surface area contributed by atoms with E-state index >= 15 is 0 Å². The smallest absolute Gasteiger partial charge is 0.870 e. The Morgan fingerprint density at radius 3 is 1.06 bits per heavy atom. The second kappa shape index (κ2) is 61.2. The molecule has 1 aromatic carbocycles. The van der Waals surface area contributed by atoms with E-state index in [0.29, 0.717) is 52.7 Å². The molecule has 6 aromatic heterocycles. The van der Waals surface area contributed by atoms with Gasteiger partial charge in [0.1, 0.15) is 5.82 Å².